The van der Waals surface area contributed by atoms with Crippen LogP contribution in [0.15, 0.2) is 97.1 Å². The second-order valence-electron chi connectivity index (χ2n) is 12.8. The summed E-state index contributed by atoms with van der Waals surface area (Å²) in [6, 6.07) is 19.4. The van der Waals surface area contributed by atoms with Gasteiger partial charge in [-0.05, 0) is 72.6 Å². The quantitative estimate of drug-likeness (QED) is 0.0192. The van der Waals surface area contributed by atoms with Gasteiger partial charge >= 0.3 is 11.8 Å². The normalized spacial score (nSPS) is 9.58. The summed E-state index contributed by atoms with van der Waals surface area (Å²) in [6.07, 6.45) is -0.703. The number of halogens is 9. The number of hydrogen-bond acceptors (Lipinski definition) is 16. The van der Waals surface area contributed by atoms with Crippen molar-refractivity contribution in [2.45, 2.75) is 20.0 Å². The number of nitrogens with two attached hydrogens (primary N) is 3. The Balaban J connectivity index is 0.000000939. The van der Waals surface area contributed by atoms with Crippen molar-refractivity contribution in [1.82, 2.24) is 6.15 Å². The molecule has 0 bridgehead atoms. The van der Waals surface area contributed by atoms with Crippen molar-refractivity contribution < 1.29 is 74.0 Å². The predicted molar refractivity (Wildman–Crippen MR) is 248 cm³/mol. The summed E-state index contributed by atoms with van der Waals surface area (Å²) in [5, 5.41) is 52.7. The Morgan fingerprint density at radius 1 is 0.500 bits per heavy atom. The molecule has 6 aromatic rings. The van der Waals surface area contributed by atoms with E-state index in [1.807, 2.05) is 0 Å². The standard InChI is InChI=1S/C16H17F2N3O2.C13H11F2N3O2.C6H2F3NO2.C6H4F2N2O2.2CH4O.H3N/c1-2-23-16(22)21-13-8-7-12(14(18)15(13)19)20-9-10-3-5-11(17)6-4-10;14-9-3-1-8(2-4-9)7-17-10-5-6-11(18(19)20)13(16)12(10)15;2*7-3-1-2-4(10(11)12)6(9)5(3)8;2*1-2;/h3-8,20H,2,9,19H2,1H3,(H,21,22);1-6,17H,7,16H2;1-2H;1-2H,9H2;2*2H,1H3;1H3. The first-order chi connectivity index (χ1) is 33.6. The van der Waals surface area contributed by atoms with Gasteiger partial charge in [-0.2, -0.15) is 4.39 Å². The average molecular weight is 1030 g/mol. The fraction of sp³-hybridized carbons (Fsp3) is 0.140. The van der Waals surface area contributed by atoms with Crippen molar-refractivity contribution in [3.63, 3.8) is 0 Å². The number of nitrogens with zero attached hydrogens (tertiary/aromatic N) is 3. The summed E-state index contributed by atoms with van der Waals surface area (Å²) in [6.45, 7) is 2.41. The number of carbonyl (C=O) groups is 1. The van der Waals surface area contributed by atoms with Crippen molar-refractivity contribution in [1.29, 1.82) is 0 Å². The minimum atomic E-state index is -1.83. The molecule has 6 aromatic carbocycles. The van der Waals surface area contributed by atoms with Crippen LogP contribution in [-0.4, -0.2) is 51.9 Å². The van der Waals surface area contributed by atoms with E-state index in [0.29, 0.717) is 24.7 Å². The third-order valence-corrected chi connectivity index (χ3v) is 8.36. The highest BCUT2D eigenvalue weighted by molar-refractivity contribution is 5.90. The highest BCUT2D eigenvalue weighted by atomic mass is 19.2. The van der Waals surface area contributed by atoms with Crippen LogP contribution in [0.3, 0.4) is 0 Å². The highest BCUT2D eigenvalue weighted by Gasteiger charge is 2.22. The van der Waals surface area contributed by atoms with E-state index < -0.39 is 90.0 Å². The second kappa shape index (κ2) is 31.2. The van der Waals surface area contributed by atoms with Crippen LogP contribution in [0.4, 0.5) is 95.5 Å². The third-order valence-electron chi connectivity index (χ3n) is 8.36. The molecule has 1 amide bonds. The van der Waals surface area contributed by atoms with Crippen LogP contribution in [0.25, 0.3) is 0 Å². The summed E-state index contributed by atoms with van der Waals surface area (Å²) < 4.78 is 120. The molecule has 0 saturated heterocycles. The summed E-state index contributed by atoms with van der Waals surface area (Å²) in [7, 11) is 2.00. The number of benzene rings is 6. The zero-order valence-corrected chi connectivity index (χ0v) is 37.7. The van der Waals surface area contributed by atoms with Gasteiger partial charge in [0.1, 0.15) is 23.0 Å². The molecule has 0 atom stereocenters. The number of amides is 1. The molecule has 0 radical (unpaired) electrons. The zero-order valence-electron chi connectivity index (χ0n) is 37.7. The average Bonchev–Trinajstić information content (AvgIpc) is 3.34. The Kier molecular flexibility index (Phi) is 27.3. The first kappa shape index (κ1) is 63.0. The number of ether oxygens (including phenoxy) is 1. The van der Waals surface area contributed by atoms with E-state index in [0.717, 1.165) is 37.5 Å². The van der Waals surface area contributed by atoms with E-state index in [1.54, 1.807) is 31.2 Å². The van der Waals surface area contributed by atoms with Gasteiger partial charge in [0.05, 0.1) is 44.1 Å². The molecule has 0 fully saturated rings. The number of anilines is 6. The summed E-state index contributed by atoms with van der Waals surface area (Å²) in [5.74, 6) is -9.88. The SMILES string of the molecule is CCOC(=O)Nc1ccc(NCc2ccc(F)cc2)c(F)c1N.CO.CO.N.Nc1c([N+](=O)[O-])ccc(F)c1F.Nc1c([N+](=O)[O-])ccc(NCc2ccc(F)cc2)c1F.O=[N+]([O-])c1ccc(F)c(F)c1F. The molecule has 0 aliphatic heterocycles. The van der Waals surface area contributed by atoms with Gasteiger partial charge in [-0.3, -0.25) is 35.7 Å². The van der Waals surface area contributed by atoms with Crippen molar-refractivity contribution in [2.24, 2.45) is 0 Å². The van der Waals surface area contributed by atoms with Crippen molar-refractivity contribution in [3.05, 3.63) is 191 Å². The van der Waals surface area contributed by atoms with Gasteiger partial charge in [-0.1, -0.05) is 24.3 Å². The lowest BCUT2D eigenvalue weighted by atomic mass is 10.2. The maximum atomic E-state index is 14.2. The van der Waals surface area contributed by atoms with E-state index in [4.69, 9.17) is 32.2 Å². The number of aliphatic hydroxyl groups is 2. The molecule has 0 aliphatic carbocycles. The Morgan fingerprint density at radius 2 is 0.847 bits per heavy atom. The maximum Gasteiger partial charge on any atom is 0.411 e. The number of rotatable bonds is 11. The summed E-state index contributed by atoms with van der Waals surface area (Å²) in [5.41, 5.74) is 14.2. The Bertz CT molecular complexity index is 2680. The monoisotopic (exact) mass is 1030 g/mol. The van der Waals surface area contributed by atoms with E-state index in [2.05, 4.69) is 16.0 Å². The van der Waals surface area contributed by atoms with E-state index in [-0.39, 0.29) is 53.7 Å². The van der Waals surface area contributed by atoms with Crippen molar-refractivity contribution in [3.8, 4) is 0 Å². The van der Waals surface area contributed by atoms with Gasteiger partial charge in [0.25, 0.3) is 11.4 Å². The molecule has 0 aliphatic rings. The molecular weight excluding hydrogens is 988 g/mol. The molecule has 390 valence electrons. The highest BCUT2D eigenvalue weighted by Crippen LogP contribution is 2.31. The van der Waals surface area contributed by atoms with Gasteiger partial charge < -0.3 is 48.9 Å². The fourth-order valence-corrected chi connectivity index (χ4v) is 4.97. The molecule has 0 aromatic heterocycles. The number of nitro groups is 3. The summed E-state index contributed by atoms with van der Waals surface area (Å²) >= 11 is 0. The molecule has 0 saturated carbocycles. The molecular formula is C43H45F9N10O10. The largest absolute Gasteiger partial charge is 0.450 e. The summed E-state index contributed by atoms with van der Waals surface area (Å²) in [4.78, 5) is 39.3. The van der Waals surface area contributed by atoms with Gasteiger partial charge in [0.2, 0.25) is 11.6 Å². The number of nitro benzene ring substituents is 3. The number of nitrogens with one attached hydrogen (secondary N) is 3. The Labute approximate surface area is 401 Å². The van der Waals surface area contributed by atoms with Crippen LogP contribution in [0.2, 0.25) is 0 Å². The minimum absolute atomic E-state index is 0. The van der Waals surface area contributed by atoms with E-state index in [1.165, 1.54) is 42.5 Å². The molecule has 6 rings (SSSR count). The predicted octanol–water partition coefficient (Wildman–Crippen LogP) is 9.64. The number of aliphatic hydroxyl groups excluding tert-OH is 2. The zero-order chi connectivity index (χ0) is 54.1. The smallest absolute Gasteiger partial charge is 0.411 e. The molecule has 0 spiro atoms. The molecule has 20 nitrogen and oxygen atoms in total. The second-order valence-corrected chi connectivity index (χ2v) is 12.8. The lowest BCUT2D eigenvalue weighted by molar-refractivity contribution is -0.387. The first-order valence-electron chi connectivity index (χ1n) is 19.3. The molecule has 0 heterocycles. The van der Waals surface area contributed by atoms with E-state index >= 15 is 0 Å². The number of hydrogen-bond donors (Lipinski definition) is 9. The minimum Gasteiger partial charge on any atom is -0.450 e. The Morgan fingerprint density at radius 3 is 1.26 bits per heavy atom. The Hall–Kier alpha value is -8.96. The van der Waals surface area contributed by atoms with Crippen LogP contribution >= 0.6 is 0 Å². The van der Waals surface area contributed by atoms with Gasteiger partial charge in [0, 0.05) is 45.5 Å². The van der Waals surface area contributed by atoms with Crippen molar-refractivity contribution >= 4 is 57.3 Å². The van der Waals surface area contributed by atoms with Crippen molar-refractivity contribution in [2.75, 3.05) is 54.0 Å². The van der Waals surface area contributed by atoms with Gasteiger partial charge in [0.15, 0.2) is 29.1 Å². The van der Waals surface area contributed by atoms with Crippen LogP contribution in [0, 0.1) is 82.7 Å². The lowest BCUT2D eigenvalue weighted by Crippen LogP contribution is -2.15. The number of carbonyl (C=O) groups excluding carboxylic acids is 1. The van der Waals surface area contributed by atoms with Crippen LogP contribution in [-0.2, 0) is 17.8 Å². The van der Waals surface area contributed by atoms with Crippen LogP contribution < -0.4 is 39.3 Å². The van der Waals surface area contributed by atoms with E-state index in [9.17, 15) is 74.7 Å². The lowest BCUT2D eigenvalue weighted by Gasteiger charge is -2.13. The molecule has 0 unspecified atom stereocenters. The maximum absolute atomic E-state index is 14.2. The molecule has 14 N–H and O–H groups in total. The third kappa shape index (κ3) is 18.9. The topological polar surface area (TPSA) is 345 Å². The molecule has 29 heteroatoms. The molecule has 72 heavy (non-hydrogen) atoms. The van der Waals surface area contributed by atoms with Gasteiger partial charge in [-0.15, -0.1) is 0 Å². The van der Waals surface area contributed by atoms with Crippen LogP contribution in [0.1, 0.15) is 18.1 Å². The number of nitrogen functional groups attached to an aromatic ring is 3. The first-order valence-corrected chi connectivity index (χ1v) is 19.3. The van der Waals surface area contributed by atoms with Gasteiger partial charge in [-0.25, -0.2) is 39.9 Å². The van der Waals surface area contributed by atoms with Crippen LogP contribution in [0.5, 0.6) is 0 Å². The fourth-order valence-electron chi connectivity index (χ4n) is 4.97.